The molecule has 3 rings (SSSR count). The van der Waals surface area contributed by atoms with Gasteiger partial charge in [0.1, 0.15) is 5.76 Å². The first-order valence-electron chi connectivity index (χ1n) is 5.89. The van der Waals surface area contributed by atoms with Crippen molar-refractivity contribution in [3.63, 3.8) is 0 Å². The van der Waals surface area contributed by atoms with Gasteiger partial charge in [0.2, 0.25) is 0 Å². The lowest BCUT2D eigenvalue weighted by molar-refractivity contribution is 0.508. The molecule has 0 aliphatic heterocycles. The van der Waals surface area contributed by atoms with Crippen LogP contribution in [0, 0.1) is 6.92 Å². The molecule has 2 nitrogen and oxygen atoms in total. The molecule has 86 valence electrons. The fourth-order valence-electron chi connectivity index (χ4n) is 2.66. The quantitative estimate of drug-likeness (QED) is 0.690. The summed E-state index contributed by atoms with van der Waals surface area (Å²) in [6.45, 7) is 4.20. The molecular weight excluding hydrogens is 212 g/mol. The molecule has 0 spiro atoms. The molecule has 1 unspecified atom stereocenters. The minimum absolute atomic E-state index is 0.259. The Morgan fingerprint density at radius 1 is 1.29 bits per heavy atom. The highest BCUT2D eigenvalue weighted by Crippen LogP contribution is 2.39. The van der Waals surface area contributed by atoms with Crippen molar-refractivity contribution < 1.29 is 4.42 Å². The predicted molar refractivity (Wildman–Crippen MR) is 67.3 cm³/mol. The minimum atomic E-state index is -0.259. The summed E-state index contributed by atoms with van der Waals surface area (Å²) in [4.78, 5) is 11.5. The third-order valence-corrected chi connectivity index (χ3v) is 3.53. The number of benzene rings is 1. The largest absolute Gasteiger partial charge is 0.422 e. The van der Waals surface area contributed by atoms with E-state index >= 15 is 0 Å². The van der Waals surface area contributed by atoms with Crippen LogP contribution in [0.15, 0.2) is 39.5 Å². The van der Waals surface area contributed by atoms with Gasteiger partial charge in [-0.1, -0.05) is 31.2 Å². The van der Waals surface area contributed by atoms with Gasteiger partial charge >= 0.3 is 5.63 Å². The highest BCUT2D eigenvalue weighted by Gasteiger charge is 2.24. The van der Waals surface area contributed by atoms with Crippen LogP contribution in [0.5, 0.6) is 0 Å². The summed E-state index contributed by atoms with van der Waals surface area (Å²) >= 11 is 0. The van der Waals surface area contributed by atoms with E-state index in [-0.39, 0.29) is 5.63 Å². The van der Waals surface area contributed by atoms with Gasteiger partial charge in [-0.05, 0) is 36.0 Å². The maximum absolute atomic E-state index is 11.5. The molecule has 2 heteroatoms. The Bertz CT molecular complexity index is 638. The average Bonchev–Trinajstić information content (AvgIpc) is 2.31. The van der Waals surface area contributed by atoms with Crippen molar-refractivity contribution in [2.45, 2.75) is 26.2 Å². The molecule has 0 saturated carbocycles. The second-order valence-corrected chi connectivity index (χ2v) is 4.75. The lowest BCUT2D eigenvalue weighted by atomic mass is 9.81. The van der Waals surface area contributed by atoms with Crippen LogP contribution in [0.25, 0.3) is 11.3 Å². The standard InChI is InChI=1S/C15H14O2/c1-9-7-13-10(2)8-14(16)17-15(13)12-6-4-3-5-11(9)12/h3-6,8-9H,7H2,1-2H3. The van der Waals surface area contributed by atoms with Gasteiger partial charge in [0.25, 0.3) is 0 Å². The summed E-state index contributed by atoms with van der Waals surface area (Å²) < 4.78 is 5.40. The third kappa shape index (κ3) is 1.52. The van der Waals surface area contributed by atoms with Crippen molar-refractivity contribution in [2.24, 2.45) is 0 Å². The summed E-state index contributed by atoms with van der Waals surface area (Å²) in [5, 5.41) is 0. The van der Waals surface area contributed by atoms with Crippen molar-refractivity contribution in [3.05, 3.63) is 57.4 Å². The molecule has 0 N–H and O–H groups in total. The highest BCUT2D eigenvalue weighted by atomic mass is 16.4. The normalized spacial score (nSPS) is 17.4. The van der Waals surface area contributed by atoms with E-state index in [1.54, 1.807) is 6.07 Å². The van der Waals surface area contributed by atoms with Crippen molar-refractivity contribution in [3.8, 4) is 11.3 Å². The van der Waals surface area contributed by atoms with Gasteiger partial charge in [-0.25, -0.2) is 4.79 Å². The van der Waals surface area contributed by atoms with E-state index in [4.69, 9.17) is 4.42 Å². The monoisotopic (exact) mass is 226 g/mol. The van der Waals surface area contributed by atoms with E-state index in [0.29, 0.717) is 5.92 Å². The number of hydrogen-bond donors (Lipinski definition) is 0. The van der Waals surface area contributed by atoms with Gasteiger partial charge in [0, 0.05) is 11.6 Å². The Kier molecular flexibility index (Phi) is 2.18. The molecule has 0 bridgehead atoms. The molecule has 0 amide bonds. The summed E-state index contributed by atoms with van der Waals surface area (Å²) in [7, 11) is 0. The first-order valence-corrected chi connectivity index (χ1v) is 5.89. The minimum Gasteiger partial charge on any atom is -0.422 e. The highest BCUT2D eigenvalue weighted by molar-refractivity contribution is 5.69. The molecule has 1 aliphatic rings. The third-order valence-electron chi connectivity index (χ3n) is 3.53. The molecule has 2 aromatic rings. The van der Waals surface area contributed by atoms with E-state index in [1.807, 2.05) is 25.1 Å². The van der Waals surface area contributed by atoms with Gasteiger partial charge in [0.15, 0.2) is 0 Å². The zero-order valence-electron chi connectivity index (χ0n) is 9.99. The lowest BCUT2D eigenvalue weighted by Gasteiger charge is -2.24. The van der Waals surface area contributed by atoms with E-state index in [2.05, 4.69) is 13.0 Å². The van der Waals surface area contributed by atoms with Gasteiger partial charge in [-0.3, -0.25) is 0 Å². The van der Waals surface area contributed by atoms with Crippen LogP contribution in [0.3, 0.4) is 0 Å². The number of aryl methyl sites for hydroxylation is 1. The molecule has 1 aliphatic carbocycles. The van der Waals surface area contributed by atoms with Crippen molar-refractivity contribution in [2.75, 3.05) is 0 Å². The van der Waals surface area contributed by atoms with Crippen molar-refractivity contribution in [1.29, 1.82) is 0 Å². The van der Waals surface area contributed by atoms with Crippen LogP contribution in [-0.4, -0.2) is 0 Å². The average molecular weight is 226 g/mol. The number of rotatable bonds is 0. The molecule has 1 heterocycles. The lowest BCUT2D eigenvalue weighted by Crippen LogP contribution is -2.13. The van der Waals surface area contributed by atoms with Crippen LogP contribution in [-0.2, 0) is 6.42 Å². The molecule has 0 radical (unpaired) electrons. The van der Waals surface area contributed by atoms with Crippen LogP contribution >= 0.6 is 0 Å². The fourth-order valence-corrected chi connectivity index (χ4v) is 2.66. The molecular formula is C15H14O2. The molecule has 0 fully saturated rings. The topological polar surface area (TPSA) is 30.2 Å². The Morgan fingerprint density at radius 3 is 2.88 bits per heavy atom. The molecule has 1 aromatic heterocycles. The maximum Gasteiger partial charge on any atom is 0.336 e. The van der Waals surface area contributed by atoms with Crippen LogP contribution in [0.1, 0.15) is 29.5 Å². The molecule has 0 saturated heterocycles. The summed E-state index contributed by atoms with van der Waals surface area (Å²) in [6.07, 6.45) is 0.946. The van der Waals surface area contributed by atoms with E-state index in [1.165, 1.54) is 11.1 Å². The SMILES string of the molecule is Cc1cc(=O)oc2c1CC(C)c1ccccc1-2. The van der Waals surface area contributed by atoms with Gasteiger partial charge in [-0.15, -0.1) is 0 Å². The summed E-state index contributed by atoms with van der Waals surface area (Å²) in [5.74, 6) is 1.24. The second kappa shape index (κ2) is 3.59. The van der Waals surface area contributed by atoms with Crippen LogP contribution in [0.4, 0.5) is 0 Å². The van der Waals surface area contributed by atoms with Crippen LogP contribution < -0.4 is 5.63 Å². The smallest absolute Gasteiger partial charge is 0.336 e. The van der Waals surface area contributed by atoms with Crippen LogP contribution in [0.2, 0.25) is 0 Å². The maximum atomic E-state index is 11.5. The first-order chi connectivity index (χ1) is 8.16. The Hall–Kier alpha value is -1.83. The van der Waals surface area contributed by atoms with Gasteiger partial charge < -0.3 is 4.42 Å². The van der Waals surface area contributed by atoms with E-state index in [9.17, 15) is 4.79 Å². The summed E-state index contributed by atoms with van der Waals surface area (Å²) in [6, 6.07) is 9.76. The van der Waals surface area contributed by atoms with Gasteiger partial charge in [0.05, 0.1) is 0 Å². The Balaban J connectivity index is 2.37. The molecule has 1 atom stereocenters. The van der Waals surface area contributed by atoms with Crippen molar-refractivity contribution >= 4 is 0 Å². The van der Waals surface area contributed by atoms with E-state index in [0.717, 1.165) is 23.3 Å². The number of hydrogen-bond acceptors (Lipinski definition) is 2. The Labute approximate surface area is 99.9 Å². The van der Waals surface area contributed by atoms with E-state index < -0.39 is 0 Å². The van der Waals surface area contributed by atoms with Gasteiger partial charge in [-0.2, -0.15) is 0 Å². The second-order valence-electron chi connectivity index (χ2n) is 4.75. The molecule has 1 aromatic carbocycles. The molecule has 17 heavy (non-hydrogen) atoms. The number of fused-ring (bicyclic) bond motifs is 3. The first kappa shape index (κ1) is 10.3. The zero-order chi connectivity index (χ0) is 12.0. The predicted octanol–water partition coefficient (Wildman–Crippen LogP) is 3.27. The Morgan fingerprint density at radius 2 is 2.06 bits per heavy atom. The summed E-state index contributed by atoms with van der Waals surface area (Å²) in [5.41, 5.74) is 4.30. The van der Waals surface area contributed by atoms with Crippen molar-refractivity contribution in [1.82, 2.24) is 0 Å². The zero-order valence-corrected chi connectivity index (χ0v) is 9.99. The fraction of sp³-hybridized carbons (Fsp3) is 0.267.